The average Bonchev–Trinajstić information content (AvgIpc) is 2.58. The summed E-state index contributed by atoms with van der Waals surface area (Å²) in [6.45, 7) is 6.98. The Morgan fingerprint density at radius 3 is 2.42 bits per heavy atom. The highest BCUT2D eigenvalue weighted by atomic mass is 15.1. The Labute approximate surface area is 142 Å². The second kappa shape index (κ2) is 7.08. The van der Waals surface area contributed by atoms with Crippen LogP contribution < -0.4 is 10.6 Å². The van der Waals surface area contributed by atoms with E-state index in [-0.39, 0.29) is 0 Å². The smallest absolute Gasteiger partial charge is 0.135 e. The van der Waals surface area contributed by atoms with Crippen LogP contribution in [0.2, 0.25) is 0 Å². The third-order valence-corrected chi connectivity index (χ3v) is 3.79. The lowest BCUT2D eigenvalue weighted by Gasteiger charge is -2.14. The zero-order valence-corrected chi connectivity index (χ0v) is 14.2. The molecule has 0 aliphatic rings. The third kappa shape index (κ3) is 3.87. The minimum absolute atomic E-state index is 0.673. The van der Waals surface area contributed by atoms with Gasteiger partial charge in [0.15, 0.2) is 0 Å². The number of rotatable bonds is 5. The van der Waals surface area contributed by atoms with E-state index in [0.29, 0.717) is 6.54 Å². The van der Waals surface area contributed by atoms with Crippen molar-refractivity contribution < 1.29 is 0 Å². The lowest BCUT2D eigenvalue weighted by molar-refractivity contribution is 1.07. The number of aromatic nitrogens is 3. The molecule has 0 saturated heterocycles. The molecule has 5 heteroatoms. The van der Waals surface area contributed by atoms with Crippen molar-refractivity contribution in [3.63, 3.8) is 0 Å². The van der Waals surface area contributed by atoms with E-state index in [1.54, 1.807) is 12.5 Å². The number of anilines is 3. The summed E-state index contributed by atoms with van der Waals surface area (Å²) in [6.07, 6.45) is 5.17. The first-order chi connectivity index (χ1) is 11.6. The first-order valence-corrected chi connectivity index (χ1v) is 7.91. The molecule has 24 heavy (non-hydrogen) atoms. The van der Waals surface area contributed by atoms with Crippen molar-refractivity contribution in [3.8, 4) is 0 Å². The van der Waals surface area contributed by atoms with E-state index in [1.165, 1.54) is 16.7 Å². The van der Waals surface area contributed by atoms with Gasteiger partial charge in [-0.1, -0.05) is 23.8 Å². The van der Waals surface area contributed by atoms with Crippen LogP contribution in [0.4, 0.5) is 17.3 Å². The summed E-state index contributed by atoms with van der Waals surface area (Å²) < 4.78 is 0. The molecule has 0 aliphatic heterocycles. The summed E-state index contributed by atoms with van der Waals surface area (Å²) in [5, 5.41) is 6.70. The van der Waals surface area contributed by atoms with Gasteiger partial charge in [0.1, 0.15) is 18.0 Å². The van der Waals surface area contributed by atoms with Crippen molar-refractivity contribution in [1.82, 2.24) is 15.0 Å². The fraction of sp³-hybridized carbons (Fsp3) is 0.211. The number of hydrogen-bond donors (Lipinski definition) is 2. The first kappa shape index (κ1) is 15.9. The van der Waals surface area contributed by atoms with Gasteiger partial charge in [0.25, 0.3) is 0 Å². The molecule has 122 valence electrons. The summed E-state index contributed by atoms with van der Waals surface area (Å²) in [6, 6.07) is 10.2. The summed E-state index contributed by atoms with van der Waals surface area (Å²) in [5.74, 6) is 1.55. The molecule has 0 aliphatic carbocycles. The Balaban J connectivity index is 1.74. The predicted octanol–water partition coefficient (Wildman–Crippen LogP) is 4.15. The molecule has 5 nitrogen and oxygen atoms in total. The van der Waals surface area contributed by atoms with Crippen molar-refractivity contribution >= 4 is 17.3 Å². The van der Waals surface area contributed by atoms with Gasteiger partial charge in [-0.15, -0.1) is 0 Å². The van der Waals surface area contributed by atoms with E-state index in [2.05, 4.69) is 58.5 Å². The minimum Gasteiger partial charge on any atom is -0.366 e. The molecular formula is C19H21N5. The molecule has 0 spiro atoms. The van der Waals surface area contributed by atoms with Crippen molar-refractivity contribution in [2.75, 3.05) is 10.6 Å². The molecule has 2 heterocycles. The van der Waals surface area contributed by atoms with E-state index in [0.717, 1.165) is 22.9 Å². The molecule has 0 amide bonds. The molecule has 0 fully saturated rings. The third-order valence-electron chi connectivity index (χ3n) is 3.79. The normalized spacial score (nSPS) is 10.5. The standard InChI is InChI=1S/C19H21N5/c1-13-7-14(2)19(15(3)8-13)24-18-9-17(22-12-23-18)21-11-16-5-4-6-20-10-16/h4-10,12H,11H2,1-3H3,(H2,21,22,23,24). The second-order valence-corrected chi connectivity index (χ2v) is 5.90. The largest absolute Gasteiger partial charge is 0.366 e. The second-order valence-electron chi connectivity index (χ2n) is 5.90. The fourth-order valence-corrected chi connectivity index (χ4v) is 2.72. The maximum atomic E-state index is 4.32. The highest BCUT2D eigenvalue weighted by Crippen LogP contribution is 2.25. The predicted molar refractivity (Wildman–Crippen MR) is 97.5 cm³/mol. The Kier molecular flexibility index (Phi) is 4.70. The number of hydrogen-bond acceptors (Lipinski definition) is 5. The molecule has 3 rings (SSSR count). The topological polar surface area (TPSA) is 62.7 Å². The number of benzene rings is 1. The van der Waals surface area contributed by atoms with Crippen molar-refractivity contribution in [1.29, 1.82) is 0 Å². The Morgan fingerprint density at radius 1 is 0.958 bits per heavy atom. The Bertz CT molecular complexity index is 807. The molecule has 0 radical (unpaired) electrons. The van der Waals surface area contributed by atoms with Crippen LogP contribution in [0, 0.1) is 20.8 Å². The number of nitrogens with zero attached hydrogens (tertiary/aromatic N) is 3. The van der Waals surface area contributed by atoms with Gasteiger partial charge in [-0.05, 0) is 43.5 Å². The maximum absolute atomic E-state index is 4.32. The van der Waals surface area contributed by atoms with Crippen LogP contribution in [-0.4, -0.2) is 15.0 Å². The van der Waals surface area contributed by atoms with Crippen LogP contribution in [0.5, 0.6) is 0 Å². The molecule has 2 aromatic heterocycles. The fourth-order valence-electron chi connectivity index (χ4n) is 2.72. The number of aryl methyl sites for hydroxylation is 3. The summed E-state index contributed by atoms with van der Waals surface area (Å²) in [5.41, 5.74) is 5.87. The molecule has 0 saturated carbocycles. The zero-order valence-electron chi connectivity index (χ0n) is 14.2. The lowest BCUT2D eigenvalue weighted by Crippen LogP contribution is -2.04. The van der Waals surface area contributed by atoms with Crippen molar-refractivity contribution in [2.45, 2.75) is 27.3 Å². The summed E-state index contributed by atoms with van der Waals surface area (Å²) in [7, 11) is 0. The quantitative estimate of drug-likeness (QED) is 0.739. The maximum Gasteiger partial charge on any atom is 0.135 e. The molecule has 1 aromatic carbocycles. The molecule has 0 unspecified atom stereocenters. The van der Waals surface area contributed by atoms with Crippen LogP contribution >= 0.6 is 0 Å². The van der Waals surface area contributed by atoms with Gasteiger partial charge in [-0.25, -0.2) is 9.97 Å². The SMILES string of the molecule is Cc1cc(C)c(Nc2cc(NCc3cccnc3)ncn2)c(C)c1. The van der Waals surface area contributed by atoms with Gasteiger partial charge in [0.2, 0.25) is 0 Å². The number of pyridine rings is 1. The van der Waals surface area contributed by atoms with E-state index < -0.39 is 0 Å². The van der Waals surface area contributed by atoms with Crippen LogP contribution in [0.15, 0.2) is 49.1 Å². The van der Waals surface area contributed by atoms with Crippen molar-refractivity contribution in [3.05, 3.63) is 71.3 Å². The van der Waals surface area contributed by atoms with Crippen molar-refractivity contribution in [2.24, 2.45) is 0 Å². The monoisotopic (exact) mass is 319 g/mol. The minimum atomic E-state index is 0.673. The van der Waals surface area contributed by atoms with E-state index >= 15 is 0 Å². The van der Waals surface area contributed by atoms with E-state index in [1.807, 2.05) is 24.4 Å². The zero-order chi connectivity index (χ0) is 16.9. The van der Waals surface area contributed by atoms with E-state index in [9.17, 15) is 0 Å². The van der Waals surface area contributed by atoms with Gasteiger partial charge in [0, 0.05) is 30.7 Å². The van der Waals surface area contributed by atoms with Crippen LogP contribution in [0.25, 0.3) is 0 Å². The van der Waals surface area contributed by atoms with Gasteiger partial charge in [-0.3, -0.25) is 4.98 Å². The first-order valence-electron chi connectivity index (χ1n) is 7.91. The Hall–Kier alpha value is -2.95. The van der Waals surface area contributed by atoms with Gasteiger partial charge < -0.3 is 10.6 Å². The van der Waals surface area contributed by atoms with Gasteiger partial charge in [-0.2, -0.15) is 0 Å². The molecular weight excluding hydrogens is 298 g/mol. The molecule has 2 N–H and O–H groups in total. The lowest BCUT2D eigenvalue weighted by atomic mass is 10.1. The van der Waals surface area contributed by atoms with Gasteiger partial charge in [0.05, 0.1) is 0 Å². The average molecular weight is 319 g/mol. The van der Waals surface area contributed by atoms with Crippen LogP contribution in [0.1, 0.15) is 22.3 Å². The highest BCUT2D eigenvalue weighted by Gasteiger charge is 2.06. The summed E-state index contributed by atoms with van der Waals surface area (Å²) in [4.78, 5) is 12.7. The molecule has 0 bridgehead atoms. The van der Waals surface area contributed by atoms with Crippen LogP contribution in [-0.2, 0) is 6.54 Å². The van der Waals surface area contributed by atoms with Crippen LogP contribution in [0.3, 0.4) is 0 Å². The molecule has 3 aromatic rings. The van der Waals surface area contributed by atoms with E-state index in [4.69, 9.17) is 0 Å². The number of nitrogens with one attached hydrogen (secondary N) is 2. The van der Waals surface area contributed by atoms with Gasteiger partial charge >= 0.3 is 0 Å². The summed E-state index contributed by atoms with van der Waals surface area (Å²) >= 11 is 0. The highest BCUT2D eigenvalue weighted by molar-refractivity contribution is 5.66. The Morgan fingerprint density at radius 2 is 1.71 bits per heavy atom. The molecule has 0 atom stereocenters.